The fourth-order valence-corrected chi connectivity index (χ4v) is 3.25. The molecule has 128 valence electrons. The minimum absolute atomic E-state index is 0.0348. The van der Waals surface area contributed by atoms with Crippen LogP contribution in [0.5, 0.6) is 0 Å². The van der Waals surface area contributed by atoms with Crippen molar-refractivity contribution in [3.63, 3.8) is 0 Å². The molecule has 1 atom stereocenters. The van der Waals surface area contributed by atoms with E-state index in [9.17, 15) is 18.0 Å². The van der Waals surface area contributed by atoms with E-state index in [2.05, 4.69) is 5.43 Å². The van der Waals surface area contributed by atoms with Gasteiger partial charge in [-0.25, -0.2) is 5.01 Å². The van der Waals surface area contributed by atoms with Crippen molar-refractivity contribution in [1.29, 1.82) is 0 Å². The van der Waals surface area contributed by atoms with Gasteiger partial charge in [-0.3, -0.25) is 10.2 Å². The van der Waals surface area contributed by atoms with Gasteiger partial charge in [-0.2, -0.15) is 13.2 Å². The largest absolute Gasteiger partial charge is 0.409 e. The summed E-state index contributed by atoms with van der Waals surface area (Å²) in [4.78, 5) is 11.9. The first-order chi connectivity index (χ1) is 11.1. The summed E-state index contributed by atoms with van der Waals surface area (Å²) in [5.41, 5.74) is 1.56. The smallest absolute Gasteiger partial charge is 0.287 e. The van der Waals surface area contributed by atoms with E-state index in [0.29, 0.717) is 15.8 Å². The van der Waals surface area contributed by atoms with Crippen LogP contribution in [0.1, 0.15) is 25.5 Å². The summed E-state index contributed by atoms with van der Waals surface area (Å²) in [5, 5.41) is 2.33. The number of amides is 1. The highest BCUT2D eigenvalue weighted by atomic mass is 35.5. The summed E-state index contributed by atoms with van der Waals surface area (Å²) in [5.74, 6) is -0.421. The number of nitrogens with one attached hydrogen (secondary N) is 1. The van der Waals surface area contributed by atoms with Crippen LogP contribution >= 0.6 is 11.6 Å². The van der Waals surface area contributed by atoms with Crippen molar-refractivity contribution in [3.8, 4) is 0 Å². The molecule has 0 spiro atoms. The van der Waals surface area contributed by atoms with Gasteiger partial charge in [-0.15, -0.1) is 0 Å². The number of carbonyl (C=O) groups is 1. The van der Waals surface area contributed by atoms with Crippen LogP contribution in [0, 0.1) is 5.41 Å². The van der Waals surface area contributed by atoms with Gasteiger partial charge in [0.1, 0.15) is 0 Å². The summed E-state index contributed by atoms with van der Waals surface area (Å²) in [7, 11) is 0. The molecule has 0 bridgehead atoms. The minimum atomic E-state index is -4.55. The molecular weight excluding hydrogens is 341 g/mol. The Labute approximate surface area is 142 Å². The molecule has 0 saturated carbocycles. The number of hydrazine groups is 1. The normalized spacial score (nSPS) is 19.5. The predicted octanol–water partition coefficient (Wildman–Crippen LogP) is 4.47. The lowest BCUT2D eigenvalue weighted by molar-refractivity contribution is -0.191. The number of hydrogen-bond donors (Lipinski definition) is 1. The van der Waals surface area contributed by atoms with E-state index in [0.717, 1.165) is 5.01 Å². The van der Waals surface area contributed by atoms with Crippen LogP contribution in [0.15, 0.2) is 36.4 Å². The molecule has 1 aliphatic rings. The molecule has 0 aliphatic carbocycles. The van der Waals surface area contributed by atoms with Crippen LogP contribution in [0.4, 0.5) is 13.2 Å². The van der Waals surface area contributed by atoms with Crippen LogP contribution < -0.4 is 5.43 Å². The number of benzene rings is 2. The summed E-state index contributed by atoms with van der Waals surface area (Å²) in [6.45, 7) is 3.21. The fraction of sp³-hybridized carbons (Fsp3) is 0.353. The number of alkyl halides is 3. The third-order valence-electron chi connectivity index (χ3n) is 4.25. The van der Waals surface area contributed by atoms with E-state index in [4.69, 9.17) is 11.6 Å². The Hall–Kier alpha value is -1.79. The first-order valence-electron chi connectivity index (χ1n) is 7.43. The highest BCUT2D eigenvalue weighted by Gasteiger charge is 2.51. The highest BCUT2D eigenvalue weighted by Crippen LogP contribution is 2.43. The molecule has 1 saturated heterocycles. The monoisotopic (exact) mass is 356 g/mol. The molecule has 1 heterocycles. The topological polar surface area (TPSA) is 32.3 Å². The maximum atomic E-state index is 13.8. The van der Waals surface area contributed by atoms with Crippen LogP contribution in [-0.4, -0.2) is 23.6 Å². The van der Waals surface area contributed by atoms with E-state index in [1.165, 1.54) is 12.1 Å². The van der Waals surface area contributed by atoms with Crippen molar-refractivity contribution < 1.29 is 18.0 Å². The van der Waals surface area contributed by atoms with Crippen LogP contribution in [0.3, 0.4) is 0 Å². The fourth-order valence-electron chi connectivity index (χ4n) is 3.02. The first-order valence-corrected chi connectivity index (χ1v) is 7.80. The van der Waals surface area contributed by atoms with Gasteiger partial charge in [0.2, 0.25) is 5.91 Å². The molecule has 1 N–H and O–H groups in total. The highest BCUT2D eigenvalue weighted by molar-refractivity contribution is 6.35. The van der Waals surface area contributed by atoms with Crippen LogP contribution in [0.2, 0.25) is 5.02 Å². The minimum Gasteiger partial charge on any atom is -0.287 e. The predicted molar refractivity (Wildman–Crippen MR) is 86.4 cm³/mol. The summed E-state index contributed by atoms with van der Waals surface area (Å²) in [6, 6.07) is 7.58. The van der Waals surface area contributed by atoms with Gasteiger partial charge in [-0.05, 0) is 30.9 Å². The average Bonchev–Trinajstić information content (AvgIpc) is 2.74. The number of rotatable bonds is 2. The summed E-state index contributed by atoms with van der Waals surface area (Å²) in [6.07, 6.45) is -4.55. The number of fused-ring (bicyclic) bond motifs is 1. The zero-order valence-electron chi connectivity index (χ0n) is 13.1. The molecule has 3 rings (SSSR count). The number of hydrogen-bond acceptors (Lipinski definition) is 2. The molecule has 0 aromatic heterocycles. The number of nitrogens with zero attached hydrogens (tertiary/aromatic N) is 1. The van der Waals surface area contributed by atoms with Gasteiger partial charge in [0.15, 0.2) is 6.04 Å². The standard InChI is InChI=1S/C17H16ClF3N2O/c1-16(2)9-23(22-15(16)24)14(17(19,20)21)12-7-8-13(18)11-6-4-3-5-10(11)12/h3-8,14H,9H2,1-2H3,(H,22,24). The molecule has 24 heavy (non-hydrogen) atoms. The lowest BCUT2D eigenvalue weighted by Crippen LogP contribution is -2.43. The first kappa shape index (κ1) is 17.0. The molecular formula is C17H16ClF3N2O. The van der Waals surface area contributed by atoms with Gasteiger partial charge in [0.25, 0.3) is 0 Å². The Morgan fingerprint density at radius 2 is 1.79 bits per heavy atom. The second kappa shape index (κ2) is 5.63. The van der Waals surface area contributed by atoms with Crippen molar-refractivity contribution in [3.05, 3.63) is 47.0 Å². The van der Waals surface area contributed by atoms with E-state index in [-0.39, 0.29) is 12.1 Å². The summed E-state index contributed by atoms with van der Waals surface area (Å²) >= 11 is 6.11. The van der Waals surface area contributed by atoms with Crippen molar-refractivity contribution in [2.75, 3.05) is 6.54 Å². The Morgan fingerprint density at radius 3 is 2.33 bits per heavy atom. The van der Waals surface area contributed by atoms with E-state index < -0.39 is 23.5 Å². The molecule has 3 nitrogen and oxygen atoms in total. The van der Waals surface area contributed by atoms with Crippen molar-refractivity contribution in [2.24, 2.45) is 5.41 Å². The lowest BCUT2D eigenvalue weighted by Gasteiger charge is -2.30. The van der Waals surface area contributed by atoms with Gasteiger partial charge >= 0.3 is 6.18 Å². The van der Waals surface area contributed by atoms with E-state index in [1.54, 1.807) is 38.1 Å². The maximum Gasteiger partial charge on any atom is 0.409 e. The molecule has 0 radical (unpaired) electrons. The van der Waals surface area contributed by atoms with Crippen LogP contribution in [-0.2, 0) is 4.79 Å². The van der Waals surface area contributed by atoms with Crippen LogP contribution in [0.25, 0.3) is 10.8 Å². The Kier molecular flexibility index (Phi) is 4.00. The molecule has 7 heteroatoms. The van der Waals surface area contributed by atoms with Gasteiger partial charge in [0, 0.05) is 17.0 Å². The maximum absolute atomic E-state index is 13.8. The Balaban J connectivity index is 2.16. The van der Waals surface area contributed by atoms with Gasteiger partial charge in [0.05, 0.1) is 5.41 Å². The van der Waals surface area contributed by atoms with Crippen molar-refractivity contribution in [2.45, 2.75) is 26.1 Å². The van der Waals surface area contributed by atoms with Crippen molar-refractivity contribution >= 4 is 28.3 Å². The number of halogens is 4. The Bertz CT molecular complexity index is 804. The second-order valence-electron chi connectivity index (χ2n) is 6.58. The molecule has 1 fully saturated rings. The zero-order valence-corrected chi connectivity index (χ0v) is 13.9. The molecule has 2 aromatic carbocycles. The SMILES string of the molecule is CC1(C)CN(C(c2ccc(Cl)c3ccccc23)C(F)(F)F)NC1=O. The van der Waals surface area contributed by atoms with Crippen molar-refractivity contribution in [1.82, 2.24) is 10.4 Å². The third-order valence-corrected chi connectivity index (χ3v) is 4.58. The summed E-state index contributed by atoms with van der Waals surface area (Å²) < 4.78 is 41.5. The number of carbonyl (C=O) groups excluding carboxylic acids is 1. The van der Waals surface area contributed by atoms with E-state index >= 15 is 0 Å². The average molecular weight is 357 g/mol. The second-order valence-corrected chi connectivity index (χ2v) is 6.99. The van der Waals surface area contributed by atoms with E-state index in [1.807, 2.05) is 0 Å². The third kappa shape index (κ3) is 2.84. The Morgan fingerprint density at radius 1 is 1.17 bits per heavy atom. The molecule has 2 aromatic rings. The zero-order chi connectivity index (χ0) is 17.7. The molecule has 1 amide bonds. The van der Waals surface area contributed by atoms with Gasteiger partial charge < -0.3 is 0 Å². The molecule has 1 aliphatic heterocycles. The van der Waals surface area contributed by atoms with Gasteiger partial charge in [-0.1, -0.05) is 41.9 Å². The quantitative estimate of drug-likeness (QED) is 0.861. The lowest BCUT2D eigenvalue weighted by atomic mass is 9.93. The molecule has 1 unspecified atom stereocenters.